The molecule has 1 saturated heterocycles. The number of carbonyl (C=O) groups excluding carboxylic acids is 3. The van der Waals surface area contributed by atoms with Crippen molar-refractivity contribution in [2.45, 2.75) is 44.7 Å². The number of nitrogens with one attached hydrogen (secondary N) is 2. The molecule has 1 aromatic rings. The van der Waals surface area contributed by atoms with Gasteiger partial charge in [0, 0.05) is 31.6 Å². The fourth-order valence-corrected chi connectivity index (χ4v) is 3.43. The molecule has 1 heterocycles. The van der Waals surface area contributed by atoms with E-state index in [9.17, 15) is 14.4 Å². The van der Waals surface area contributed by atoms with Crippen LogP contribution in [0.1, 0.15) is 43.0 Å². The lowest BCUT2D eigenvalue weighted by Gasteiger charge is -2.35. The van der Waals surface area contributed by atoms with Crippen molar-refractivity contribution in [2.75, 3.05) is 20.2 Å². The number of benzene rings is 1. The number of nitrogens with zero attached hydrogens (tertiary/aromatic N) is 1. The van der Waals surface area contributed by atoms with Crippen molar-refractivity contribution < 1.29 is 19.1 Å². The molecule has 0 unspecified atom stereocenters. The van der Waals surface area contributed by atoms with Gasteiger partial charge in [-0.05, 0) is 55.9 Å². The fraction of sp³-hybridized carbons (Fsp3) is 0.550. The summed E-state index contributed by atoms with van der Waals surface area (Å²) in [7, 11) is 1.57. The van der Waals surface area contributed by atoms with Gasteiger partial charge in [0.25, 0.3) is 5.91 Å². The van der Waals surface area contributed by atoms with Crippen LogP contribution in [0.15, 0.2) is 24.3 Å². The third kappa shape index (κ3) is 4.99. The van der Waals surface area contributed by atoms with Crippen LogP contribution in [-0.4, -0.2) is 54.9 Å². The zero-order valence-corrected chi connectivity index (χ0v) is 15.9. The normalized spacial score (nSPS) is 18.5. The summed E-state index contributed by atoms with van der Waals surface area (Å²) in [6.07, 6.45) is 3.39. The van der Waals surface area contributed by atoms with Gasteiger partial charge in [0.2, 0.25) is 11.8 Å². The van der Waals surface area contributed by atoms with Crippen molar-refractivity contribution in [1.82, 2.24) is 15.5 Å². The van der Waals surface area contributed by atoms with Gasteiger partial charge in [-0.2, -0.15) is 0 Å². The minimum Gasteiger partial charge on any atom is -0.497 e. The molecule has 1 aliphatic carbocycles. The highest BCUT2D eigenvalue weighted by molar-refractivity contribution is 5.97. The van der Waals surface area contributed by atoms with Crippen LogP contribution in [0.4, 0.5) is 0 Å². The Labute approximate surface area is 159 Å². The largest absolute Gasteiger partial charge is 0.497 e. The number of rotatable bonds is 6. The molecule has 146 valence electrons. The monoisotopic (exact) mass is 373 g/mol. The Morgan fingerprint density at radius 2 is 1.70 bits per heavy atom. The van der Waals surface area contributed by atoms with Gasteiger partial charge >= 0.3 is 0 Å². The van der Waals surface area contributed by atoms with Crippen LogP contribution < -0.4 is 15.4 Å². The van der Waals surface area contributed by atoms with Crippen molar-refractivity contribution in [2.24, 2.45) is 5.92 Å². The second kappa shape index (κ2) is 8.41. The lowest BCUT2D eigenvalue weighted by atomic mass is 9.88. The first-order valence-corrected chi connectivity index (χ1v) is 9.48. The van der Waals surface area contributed by atoms with E-state index in [4.69, 9.17) is 4.74 Å². The molecule has 0 spiro atoms. The number of likely N-dealkylation sites (tertiary alicyclic amines) is 1. The standard InChI is InChI=1S/C20H27N3O4/c1-13(24)23-11-9-14(10-12-23)18(20(26)21-16-5-6-16)22-19(25)15-3-7-17(27-2)8-4-15/h3-4,7-8,14,16,18H,5-6,9-12H2,1-2H3,(H,21,26)(H,22,25)/t18-/m1/s1. The first-order valence-electron chi connectivity index (χ1n) is 9.48. The van der Waals surface area contributed by atoms with E-state index in [0.29, 0.717) is 37.2 Å². The van der Waals surface area contributed by atoms with E-state index in [-0.39, 0.29) is 29.7 Å². The highest BCUT2D eigenvalue weighted by Crippen LogP contribution is 2.24. The first kappa shape index (κ1) is 19.2. The van der Waals surface area contributed by atoms with E-state index < -0.39 is 6.04 Å². The first-order chi connectivity index (χ1) is 13.0. The predicted molar refractivity (Wildman–Crippen MR) is 100 cm³/mol. The zero-order valence-electron chi connectivity index (χ0n) is 15.9. The smallest absolute Gasteiger partial charge is 0.251 e. The van der Waals surface area contributed by atoms with Crippen molar-refractivity contribution in [3.05, 3.63) is 29.8 Å². The topological polar surface area (TPSA) is 87.7 Å². The molecule has 1 atom stereocenters. The molecule has 3 amide bonds. The van der Waals surface area contributed by atoms with Crippen molar-refractivity contribution in [1.29, 1.82) is 0 Å². The van der Waals surface area contributed by atoms with Gasteiger partial charge in [-0.15, -0.1) is 0 Å². The molecular weight excluding hydrogens is 346 g/mol. The van der Waals surface area contributed by atoms with Crippen LogP contribution in [0.3, 0.4) is 0 Å². The van der Waals surface area contributed by atoms with Crippen LogP contribution in [0.2, 0.25) is 0 Å². The Kier molecular flexibility index (Phi) is 5.98. The average Bonchev–Trinajstić information content (AvgIpc) is 3.50. The number of hydrogen-bond acceptors (Lipinski definition) is 4. The second-order valence-electron chi connectivity index (χ2n) is 7.31. The molecule has 2 fully saturated rings. The molecule has 0 radical (unpaired) electrons. The minimum absolute atomic E-state index is 0.0153. The number of piperidine rings is 1. The SMILES string of the molecule is COc1ccc(C(=O)N[C@@H](C(=O)NC2CC2)C2CCN(C(C)=O)CC2)cc1. The van der Waals surface area contributed by atoms with Gasteiger partial charge in [-0.1, -0.05) is 0 Å². The van der Waals surface area contributed by atoms with Crippen molar-refractivity contribution in [3.8, 4) is 5.75 Å². The number of hydrogen-bond donors (Lipinski definition) is 2. The predicted octanol–water partition coefficient (Wildman–Crippen LogP) is 1.33. The minimum atomic E-state index is -0.589. The summed E-state index contributed by atoms with van der Waals surface area (Å²) in [6, 6.07) is 6.45. The molecular formula is C20H27N3O4. The summed E-state index contributed by atoms with van der Waals surface area (Å²) < 4.78 is 5.12. The molecule has 1 aliphatic heterocycles. The van der Waals surface area contributed by atoms with Crippen LogP contribution in [-0.2, 0) is 9.59 Å². The lowest BCUT2D eigenvalue weighted by molar-refractivity contribution is -0.130. The molecule has 2 aliphatic rings. The molecule has 27 heavy (non-hydrogen) atoms. The van der Waals surface area contributed by atoms with Crippen LogP contribution in [0.25, 0.3) is 0 Å². The quantitative estimate of drug-likeness (QED) is 0.788. The van der Waals surface area contributed by atoms with Gasteiger partial charge in [0.15, 0.2) is 0 Å². The Morgan fingerprint density at radius 3 is 2.22 bits per heavy atom. The van der Waals surface area contributed by atoms with E-state index in [0.717, 1.165) is 12.8 Å². The molecule has 7 nitrogen and oxygen atoms in total. The van der Waals surface area contributed by atoms with Crippen LogP contribution >= 0.6 is 0 Å². The van der Waals surface area contributed by atoms with Crippen molar-refractivity contribution >= 4 is 17.7 Å². The number of methoxy groups -OCH3 is 1. The Morgan fingerprint density at radius 1 is 1.07 bits per heavy atom. The summed E-state index contributed by atoms with van der Waals surface area (Å²) in [5.41, 5.74) is 0.487. The summed E-state index contributed by atoms with van der Waals surface area (Å²) >= 11 is 0. The summed E-state index contributed by atoms with van der Waals surface area (Å²) in [4.78, 5) is 38.8. The maximum Gasteiger partial charge on any atom is 0.251 e. The van der Waals surface area contributed by atoms with E-state index in [1.165, 1.54) is 0 Å². The molecule has 1 aromatic carbocycles. The molecule has 1 saturated carbocycles. The van der Waals surface area contributed by atoms with Crippen molar-refractivity contribution in [3.63, 3.8) is 0 Å². The third-order valence-corrected chi connectivity index (χ3v) is 5.30. The molecule has 0 aromatic heterocycles. The van der Waals surface area contributed by atoms with E-state index in [2.05, 4.69) is 10.6 Å². The van der Waals surface area contributed by atoms with E-state index in [1.54, 1.807) is 43.2 Å². The maximum atomic E-state index is 12.7. The number of carbonyl (C=O) groups is 3. The highest BCUT2D eigenvalue weighted by atomic mass is 16.5. The molecule has 7 heteroatoms. The van der Waals surface area contributed by atoms with Gasteiger partial charge in [-0.3, -0.25) is 14.4 Å². The van der Waals surface area contributed by atoms with Gasteiger partial charge in [-0.25, -0.2) is 0 Å². The van der Waals surface area contributed by atoms with Gasteiger partial charge in [0.1, 0.15) is 11.8 Å². The third-order valence-electron chi connectivity index (χ3n) is 5.30. The lowest BCUT2D eigenvalue weighted by Crippen LogP contribution is -2.54. The Bertz CT molecular complexity index is 692. The highest BCUT2D eigenvalue weighted by Gasteiger charge is 2.35. The zero-order chi connectivity index (χ0) is 19.4. The molecule has 0 bridgehead atoms. The summed E-state index contributed by atoms with van der Waals surface area (Å²) in [5, 5.41) is 5.93. The summed E-state index contributed by atoms with van der Waals surface area (Å²) in [6.45, 7) is 2.79. The van der Waals surface area contributed by atoms with Crippen LogP contribution in [0.5, 0.6) is 5.75 Å². The van der Waals surface area contributed by atoms with Gasteiger partial charge < -0.3 is 20.3 Å². The van der Waals surface area contributed by atoms with E-state index in [1.807, 2.05) is 0 Å². The number of ether oxygens (including phenoxy) is 1. The fourth-order valence-electron chi connectivity index (χ4n) is 3.43. The van der Waals surface area contributed by atoms with E-state index >= 15 is 0 Å². The van der Waals surface area contributed by atoms with Gasteiger partial charge in [0.05, 0.1) is 7.11 Å². The van der Waals surface area contributed by atoms with Crippen LogP contribution in [0, 0.1) is 5.92 Å². The average molecular weight is 373 g/mol. The second-order valence-corrected chi connectivity index (χ2v) is 7.31. The molecule has 2 N–H and O–H groups in total. The molecule has 3 rings (SSSR count). The Hall–Kier alpha value is -2.57. The number of amides is 3. The summed E-state index contributed by atoms with van der Waals surface area (Å²) in [5.74, 6) is 0.339. The Balaban J connectivity index is 1.68. The maximum absolute atomic E-state index is 12.7.